The minimum Gasteiger partial charge on any atom is -0.494 e. The Bertz CT molecular complexity index is 656. The molecule has 0 aliphatic carbocycles. The van der Waals surface area contributed by atoms with Crippen molar-refractivity contribution in [3.05, 3.63) is 57.2 Å². The maximum atomic E-state index is 12.4. The number of rotatable bonds is 7. The van der Waals surface area contributed by atoms with E-state index in [-0.39, 0.29) is 5.91 Å². The molecule has 1 amide bonds. The molecule has 1 N–H and O–H groups in total. The van der Waals surface area contributed by atoms with Gasteiger partial charge < -0.3 is 14.8 Å². The molecule has 0 saturated heterocycles. The molecular weight excluding hydrogens is 405 g/mol. The maximum absolute atomic E-state index is 12.4. The molecule has 4 nitrogen and oxygen atoms in total. The first-order valence-corrected chi connectivity index (χ1v) is 8.62. The van der Waals surface area contributed by atoms with Crippen molar-refractivity contribution in [2.75, 3.05) is 18.5 Å². The Labute approximate surface area is 150 Å². The highest BCUT2D eigenvalue weighted by Crippen LogP contribution is 2.22. The molecule has 0 atom stereocenters. The molecule has 0 fully saturated rings. The molecule has 23 heavy (non-hydrogen) atoms. The van der Waals surface area contributed by atoms with Crippen LogP contribution in [0.1, 0.15) is 29.8 Å². The zero-order valence-corrected chi connectivity index (χ0v) is 15.4. The van der Waals surface area contributed by atoms with Crippen molar-refractivity contribution in [2.24, 2.45) is 0 Å². The summed E-state index contributed by atoms with van der Waals surface area (Å²) < 4.78 is 12.2. The van der Waals surface area contributed by atoms with Crippen LogP contribution in [0.4, 0.5) is 5.69 Å². The SMILES string of the molecule is CCOCc1cc(C(=O)Nc2ccc(I)cc2)ccc1OCC. The van der Waals surface area contributed by atoms with Crippen LogP contribution in [0.15, 0.2) is 42.5 Å². The molecule has 0 aromatic heterocycles. The van der Waals surface area contributed by atoms with E-state index in [9.17, 15) is 4.79 Å². The van der Waals surface area contributed by atoms with E-state index < -0.39 is 0 Å². The van der Waals surface area contributed by atoms with Gasteiger partial charge in [-0.1, -0.05) is 0 Å². The second-order valence-electron chi connectivity index (χ2n) is 4.85. The number of ether oxygens (including phenoxy) is 2. The van der Waals surface area contributed by atoms with E-state index in [2.05, 4.69) is 27.9 Å². The average molecular weight is 425 g/mol. The van der Waals surface area contributed by atoms with E-state index in [1.165, 1.54) is 0 Å². The zero-order chi connectivity index (χ0) is 16.7. The fourth-order valence-electron chi connectivity index (χ4n) is 2.08. The fraction of sp³-hybridized carbons (Fsp3) is 0.278. The van der Waals surface area contributed by atoms with Gasteiger partial charge in [0, 0.05) is 27.0 Å². The quantitative estimate of drug-likeness (QED) is 0.666. The van der Waals surface area contributed by atoms with Gasteiger partial charge in [-0.3, -0.25) is 4.79 Å². The molecule has 2 aromatic carbocycles. The number of halogens is 1. The van der Waals surface area contributed by atoms with Gasteiger partial charge in [0.1, 0.15) is 5.75 Å². The monoisotopic (exact) mass is 425 g/mol. The van der Waals surface area contributed by atoms with Crippen LogP contribution in [0, 0.1) is 3.57 Å². The van der Waals surface area contributed by atoms with Crippen LogP contribution in [0.2, 0.25) is 0 Å². The molecule has 0 aliphatic heterocycles. The van der Waals surface area contributed by atoms with E-state index in [1.807, 2.05) is 50.2 Å². The van der Waals surface area contributed by atoms with Crippen molar-refractivity contribution < 1.29 is 14.3 Å². The predicted molar refractivity (Wildman–Crippen MR) is 100 cm³/mol. The highest BCUT2D eigenvalue weighted by Gasteiger charge is 2.11. The van der Waals surface area contributed by atoms with E-state index >= 15 is 0 Å². The van der Waals surface area contributed by atoms with Crippen LogP contribution in [0.3, 0.4) is 0 Å². The number of benzene rings is 2. The largest absolute Gasteiger partial charge is 0.494 e. The number of anilines is 1. The summed E-state index contributed by atoms with van der Waals surface area (Å²) in [6, 6.07) is 13.1. The number of nitrogens with one attached hydrogen (secondary N) is 1. The van der Waals surface area contributed by atoms with E-state index in [1.54, 1.807) is 6.07 Å². The second-order valence-corrected chi connectivity index (χ2v) is 6.10. The topological polar surface area (TPSA) is 47.6 Å². The number of carbonyl (C=O) groups is 1. The molecule has 0 aliphatic rings. The van der Waals surface area contributed by atoms with Crippen molar-refractivity contribution >= 4 is 34.2 Å². The third kappa shape index (κ3) is 5.21. The summed E-state index contributed by atoms with van der Waals surface area (Å²) in [4.78, 5) is 12.4. The Morgan fingerprint density at radius 1 is 1.09 bits per heavy atom. The molecule has 2 aromatic rings. The smallest absolute Gasteiger partial charge is 0.255 e. The molecule has 0 heterocycles. The van der Waals surface area contributed by atoms with E-state index in [0.29, 0.717) is 25.4 Å². The first-order valence-electron chi connectivity index (χ1n) is 7.54. The van der Waals surface area contributed by atoms with Crippen LogP contribution >= 0.6 is 22.6 Å². The Morgan fingerprint density at radius 2 is 1.83 bits per heavy atom. The molecule has 0 radical (unpaired) electrons. The molecule has 0 unspecified atom stereocenters. The Morgan fingerprint density at radius 3 is 2.48 bits per heavy atom. The van der Waals surface area contributed by atoms with Gasteiger partial charge in [0.05, 0.1) is 13.2 Å². The zero-order valence-electron chi connectivity index (χ0n) is 13.3. The molecule has 5 heteroatoms. The first-order chi connectivity index (χ1) is 11.1. The second kappa shape index (κ2) is 8.88. The van der Waals surface area contributed by atoms with Gasteiger partial charge in [0.2, 0.25) is 0 Å². The molecular formula is C18H20INO3. The van der Waals surface area contributed by atoms with Gasteiger partial charge in [-0.15, -0.1) is 0 Å². The third-order valence-corrected chi connectivity index (χ3v) is 3.91. The first kappa shape index (κ1) is 17.7. The highest BCUT2D eigenvalue weighted by atomic mass is 127. The lowest BCUT2D eigenvalue weighted by molar-refractivity contribution is 0.102. The van der Waals surface area contributed by atoms with Crippen LogP contribution in [0.5, 0.6) is 5.75 Å². The highest BCUT2D eigenvalue weighted by molar-refractivity contribution is 14.1. The summed E-state index contributed by atoms with van der Waals surface area (Å²) in [7, 11) is 0. The van der Waals surface area contributed by atoms with Crippen LogP contribution in [-0.2, 0) is 11.3 Å². The minimum absolute atomic E-state index is 0.146. The normalized spacial score (nSPS) is 10.4. The van der Waals surface area contributed by atoms with Crippen LogP contribution < -0.4 is 10.1 Å². The standard InChI is InChI=1S/C18H20INO3/c1-3-22-12-14-11-13(5-10-17(14)23-4-2)18(21)20-16-8-6-15(19)7-9-16/h5-11H,3-4,12H2,1-2H3,(H,20,21). The predicted octanol–water partition coefficient (Wildman–Crippen LogP) is 4.48. The van der Waals surface area contributed by atoms with Crippen molar-refractivity contribution in [1.29, 1.82) is 0 Å². The minimum atomic E-state index is -0.146. The fourth-order valence-corrected chi connectivity index (χ4v) is 2.44. The molecule has 0 spiro atoms. The average Bonchev–Trinajstić information content (AvgIpc) is 2.56. The summed E-state index contributed by atoms with van der Waals surface area (Å²) in [6.07, 6.45) is 0. The molecule has 122 valence electrons. The maximum Gasteiger partial charge on any atom is 0.255 e. The van der Waals surface area contributed by atoms with Crippen molar-refractivity contribution in [1.82, 2.24) is 0 Å². The summed E-state index contributed by atoms with van der Waals surface area (Å²) in [5.74, 6) is 0.610. The number of carbonyl (C=O) groups excluding carboxylic acids is 1. The van der Waals surface area contributed by atoms with Gasteiger partial charge in [-0.2, -0.15) is 0 Å². The van der Waals surface area contributed by atoms with Crippen molar-refractivity contribution in [2.45, 2.75) is 20.5 Å². The van der Waals surface area contributed by atoms with Crippen LogP contribution in [-0.4, -0.2) is 19.1 Å². The Hall–Kier alpha value is -1.60. The van der Waals surface area contributed by atoms with Gasteiger partial charge in [0.25, 0.3) is 5.91 Å². The molecule has 2 rings (SSSR count). The van der Waals surface area contributed by atoms with Gasteiger partial charge >= 0.3 is 0 Å². The van der Waals surface area contributed by atoms with Gasteiger partial charge in [-0.05, 0) is 78.9 Å². The third-order valence-electron chi connectivity index (χ3n) is 3.19. The number of hydrogen-bond donors (Lipinski definition) is 1. The molecule has 0 bridgehead atoms. The van der Waals surface area contributed by atoms with Crippen molar-refractivity contribution in [3.63, 3.8) is 0 Å². The summed E-state index contributed by atoms with van der Waals surface area (Å²) in [5, 5.41) is 2.90. The van der Waals surface area contributed by atoms with Crippen molar-refractivity contribution in [3.8, 4) is 5.75 Å². The number of amides is 1. The van der Waals surface area contributed by atoms with E-state index in [0.717, 1.165) is 20.6 Å². The lowest BCUT2D eigenvalue weighted by atomic mass is 10.1. The lowest BCUT2D eigenvalue weighted by Crippen LogP contribution is -2.12. The summed E-state index contributed by atoms with van der Waals surface area (Å²) in [5.41, 5.74) is 2.24. The number of hydrogen-bond acceptors (Lipinski definition) is 3. The summed E-state index contributed by atoms with van der Waals surface area (Å²) >= 11 is 2.23. The van der Waals surface area contributed by atoms with Crippen LogP contribution in [0.25, 0.3) is 0 Å². The lowest BCUT2D eigenvalue weighted by Gasteiger charge is -2.12. The summed E-state index contributed by atoms with van der Waals surface area (Å²) in [6.45, 7) is 5.49. The molecule has 0 saturated carbocycles. The Balaban J connectivity index is 2.17. The van der Waals surface area contributed by atoms with Gasteiger partial charge in [-0.25, -0.2) is 0 Å². The van der Waals surface area contributed by atoms with E-state index in [4.69, 9.17) is 9.47 Å². The Kier molecular flexibility index (Phi) is 6.85. The van der Waals surface area contributed by atoms with Gasteiger partial charge in [0.15, 0.2) is 0 Å².